The van der Waals surface area contributed by atoms with Crippen molar-refractivity contribution in [2.24, 2.45) is 0 Å². The molecule has 1 heterocycles. The minimum Gasteiger partial charge on any atom is -0.391 e. The zero-order chi connectivity index (χ0) is 13.7. The normalized spacial score (nSPS) is 18.2. The molecule has 104 valence electrons. The van der Waals surface area contributed by atoms with Crippen LogP contribution in [0.3, 0.4) is 0 Å². The maximum atomic E-state index is 10.9. The summed E-state index contributed by atoms with van der Waals surface area (Å²) < 4.78 is 0. The van der Waals surface area contributed by atoms with E-state index in [0.717, 1.165) is 26.2 Å². The number of rotatable bonds is 5. The molecule has 0 aliphatic carbocycles. The number of nitro groups is 1. The van der Waals surface area contributed by atoms with E-state index in [4.69, 9.17) is 0 Å². The molecule has 6 heteroatoms. The van der Waals surface area contributed by atoms with Crippen molar-refractivity contribution in [1.29, 1.82) is 0 Å². The molecule has 0 radical (unpaired) electrons. The number of nitro benzene ring substituents is 1. The molecule has 1 aliphatic rings. The molecule has 1 aliphatic heterocycles. The fourth-order valence-corrected chi connectivity index (χ4v) is 2.37. The van der Waals surface area contributed by atoms with Crippen LogP contribution in [0.4, 0.5) is 5.69 Å². The Morgan fingerprint density at radius 1 is 1.37 bits per heavy atom. The van der Waals surface area contributed by atoms with Crippen LogP contribution in [0.15, 0.2) is 24.3 Å². The number of piperazine rings is 1. The predicted molar refractivity (Wildman–Crippen MR) is 72.1 cm³/mol. The van der Waals surface area contributed by atoms with Gasteiger partial charge in [-0.05, 0) is 0 Å². The highest BCUT2D eigenvalue weighted by Crippen LogP contribution is 2.19. The number of nitrogens with one attached hydrogen (secondary N) is 1. The second-order valence-electron chi connectivity index (χ2n) is 4.79. The molecule has 0 spiro atoms. The Balaban J connectivity index is 1.94. The first-order valence-corrected chi connectivity index (χ1v) is 6.50. The van der Waals surface area contributed by atoms with E-state index in [-0.39, 0.29) is 5.69 Å². The number of aliphatic hydroxyl groups excluding tert-OH is 1. The van der Waals surface area contributed by atoms with E-state index in [2.05, 4.69) is 10.2 Å². The van der Waals surface area contributed by atoms with Gasteiger partial charge in [-0.25, -0.2) is 0 Å². The predicted octanol–water partition coefficient (Wildman–Crippen LogP) is 0.403. The number of β-amino-alcohol motifs (C(OH)–C–C–N with tert-alkyl or cyclic N) is 1. The summed E-state index contributed by atoms with van der Waals surface area (Å²) in [4.78, 5) is 12.7. The Bertz CT molecular complexity index is 433. The van der Waals surface area contributed by atoms with Gasteiger partial charge in [0.25, 0.3) is 5.69 Å². The molecule has 1 saturated heterocycles. The van der Waals surface area contributed by atoms with Gasteiger partial charge in [0, 0.05) is 50.8 Å². The van der Waals surface area contributed by atoms with Crippen molar-refractivity contribution in [2.45, 2.75) is 12.5 Å². The van der Waals surface area contributed by atoms with E-state index in [1.807, 2.05) is 0 Å². The number of nitrogens with zero attached hydrogens (tertiary/aromatic N) is 2. The van der Waals surface area contributed by atoms with E-state index in [9.17, 15) is 15.2 Å². The summed E-state index contributed by atoms with van der Waals surface area (Å²) in [6.07, 6.45) is -0.250. The highest BCUT2D eigenvalue weighted by atomic mass is 16.6. The minimum absolute atomic E-state index is 0.0851. The molecule has 0 aromatic heterocycles. The van der Waals surface area contributed by atoms with E-state index in [1.165, 1.54) is 6.07 Å². The number of benzene rings is 1. The Labute approximate surface area is 112 Å². The first-order valence-electron chi connectivity index (χ1n) is 6.50. The van der Waals surface area contributed by atoms with Crippen LogP contribution < -0.4 is 5.32 Å². The van der Waals surface area contributed by atoms with Gasteiger partial charge in [0.15, 0.2) is 0 Å². The van der Waals surface area contributed by atoms with Gasteiger partial charge in [-0.2, -0.15) is 0 Å². The van der Waals surface area contributed by atoms with Crippen molar-refractivity contribution in [2.75, 3.05) is 32.7 Å². The van der Waals surface area contributed by atoms with Gasteiger partial charge in [-0.1, -0.05) is 18.2 Å². The lowest BCUT2D eigenvalue weighted by Gasteiger charge is -2.29. The number of hydrogen-bond donors (Lipinski definition) is 2. The van der Waals surface area contributed by atoms with Crippen molar-refractivity contribution in [3.63, 3.8) is 0 Å². The van der Waals surface area contributed by atoms with E-state index in [1.54, 1.807) is 18.2 Å². The van der Waals surface area contributed by atoms with Crippen molar-refractivity contribution < 1.29 is 10.0 Å². The third-order valence-corrected chi connectivity index (χ3v) is 3.32. The van der Waals surface area contributed by atoms with Crippen LogP contribution in [-0.2, 0) is 6.42 Å². The summed E-state index contributed by atoms with van der Waals surface area (Å²) in [5.41, 5.74) is 0.678. The summed E-state index contributed by atoms with van der Waals surface area (Å²) in [5.74, 6) is 0. The third-order valence-electron chi connectivity index (χ3n) is 3.32. The first-order chi connectivity index (χ1) is 9.16. The van der Waals surface area contributed by atoms with E-state index < -0.39 is 11.0 Å². The lowest BCUT2D eigenvalue weighted by Crippen LogP contribution is -2.46. The molecule has 19 heavy (non-hydrogen) atoms. The molecule has 0 saturated carbocycles. The molecule has 1 aromatic rings. The monoisotopic (exact) mass is 265 g/mol. The Hall–Kier alpha value is -1.50. The standard InChI is InChI=1S/C13H19N3O3/c17-12(10-15-7-5-14-6-8-15)9-11-3-1-2-4-13(11)16(18)19/h1-4,12,14,17H,5-10H2. The van der Waals surface area contributed by atoms with Crippen molar-refractivity contribution >= 4 is 5.69 Å². The summed E-state index contributed by atoms with van der Waals surface area (Å²) in [6.45, 7) is 4.24. The van der Waals surface area contributed by atoms with Crippen LogP contribution in [0, 0.1) is 10.1 Å². The van der Waals surface area contributed by atoms with Crippen LogP contribution in [0.1, 0.15) is 5.56 Å². The van der Waals surface area contributed by atoms with E-state index in [0.29, 0.717) is 18.5 Å². The van der Waals surface area contributed by atoms with Gasteiger partial charge in [0.1, 0.15) is 0 Å². The Morgan fingerprint density at radius 2 is 2.05 bits per heavy atom. The summed E-state index contributed by atoms with van der Waals surface area (Å²) >= 11 is 0. The second kappa shape index (κ2) is 6.60. The van der Waals surface area contributed by atoms with Gasteiger partial charge in [-0.15, -0.1) is 0 Å². The van der Waals surface area contributed by atoms with Crippen molar-refractivity contribution in [3.8, 4) is 0 Å². The molecule has 0 bridgehead atoms. The lowest BCUT2D eigenvalue weighted by molar-refractivity contribution is -0.385. The summed E-state index contributed by atoms with van der Waals surface area (Å²) in [7, 11) is 0. The zero-order valence-electron chi connectivity index (χ0n) is 10.8. The fraction of sp³-hybridized carbons (Fsp3) is 0.538. The SMILES string of the molecule is O=[N+]([O-])c1ccccc1CC(O)CN1CCNCC1. The highest BCUT2D eigenvalue weighted by molar-refractivity contribution is 5.40. The molecular weight excluding hydrogens is 246 g/mol. The second-order valence-corrected chi connectivity index (χ2v) is 4.79. The molecule has 1 aromatic carbocycles. The zero-order valence-corrected chi connectivity index (χ0v) is 10.8. The summed E-state index contributed by atoms with van der Waals surface area (Å²) in [5, 5.41) is 24.2. The Morgan fingerprint density at radius 3 is 2.74 bits per heavy atom. The molecule has 2 rings (SSSR count). The third kappa shape index (κ3) is 3.99. The largest absolute Gasteiger partial charge is 0.391 e. The molecule has 2 N–H and O–H groups in total. The van der Waals surface area contributed by atoms with Gasteiger partial charge in [0.05, 0.1) is 11.0 Å². The molecule has 6 nitrogen and oxygen atoms in total. The smallest absolute Gasteiger partial charge is 0.272 e. The first kappa shape index (κ1) is 13.9. The quantitative estimate of drug-likeness (QED) is 0.595. The maximum absolute atomic E-state index is 10.9. The molecule has 1 fully saturated rings. The average molecular weight is 265 g/mol. The number of aliphatic hydroxyl groups is 1. The van der Waals surface area contributed by atoms with Gasteiger partial charge in [-0.3, -0.25) is 15.0 Å². The Kier molecular flexibility index (Phi) is 4.84. The topological polar surface area (TPSA) is 78.6 Å². The lowest BCUT2D eigenvalue weighted by atomic mass is 10.1. The van der Waals surface area contributed by atoms with Crippen LogP contribution in [0.5, 0.6) is 0 Å². The van der Waals surface area contributed by atoms with Gasteiger partial charge >= 0.3 is 0 Å². The fourth-order valence-electron chi connectivity index (χ4n) is 2.37. The van der Waals surface area contributed by atoms with Gasteiger partial charge in [0.2, 0.25) is 0 Å². The van der Waals surface area contributed by atoms with Crippen LogP contribution >= 0.6 is 0 Å². The van der Waals surface area contributed by atoms with Crippen LogP contribution in [0.2, 0.25) is 0 Å². The van der Waals surface area contributed by atoms with Crippen LogP contribution in [0.25, 0.3) is 0 Å². The molecular formula is C13H19N3O3. The van der Waals surface area contributed by atoms with E-state index >= 15 is 0 Å². The maximum Gasteiger partial charge on any atom is 0.272 e. The summed E-state index contributed by atoms with van der Waals surface area (Å²) in [6, 6.07) is 6.59. The minimum atomic E-state index is -0.570. The van der Waals surface area contributed by atoms with Crippen LogP contribution in [-0.4, -0.2) is 53.8 Å². The number of hydrogen-bond acceptors (Lipinski definition) is 5. The molecule has 1 atom stereocenters. The highest BCUT2D eigenvalue weighted by Gasteiger charge is 2.19. The van der Waals surface area contributed by atoms with Crippen molar-refractivity contribution in [1.82, 2.24) is 10.2 Å². The average Bonchev–Trinajstić information content (AvgIpc) is 2.40. The molecule has 1 unspecified atom stereocenters. The molecule has 0 amide bonds. The van der Waals surface area contributed by atoms with Gasteiger partial charge < -0.3 is 10.4 Å². The van der Waals surface area contributed by atoms with Crippen molar-refractivity contribution in [3.05, 3.63) is 39.9 Å². The number of para-hydroxylation sites is 1.